The zero-order valence-corrected chi connectivity index (χ0v) is 11.2. The molecule has 0 aliphatic heterocycles. The molecule has 96 valence electrons. The average Bonchev–Trinajstić information content (AvgIpc) is 2.31. The van der Waals surface area contributed by atoms with Crippen molar-refractivity contribution >= 4 is 10.8 Å². The van der Waals surface area contributed by atoms with Crippen LogP contribution in [0.25, 0.3) is 10.8 Å². The van der Waals surface area contributed by atoms with Gasteiger partial charge in [0.15, 0.2) is 0 Å². The van der Waals surface area contributed by atoms with Gasteiger partial charge in [-0.1, -0.05) is 36.4 Å². The third-order valence-corrected chi connectivity index (χ3v) is 3.19. The molecule has 0 spiro atoms. The molecule has 2 atom stereocenters. The van der Waals surface area contributed by atoms with E-state index in [1.165, 1.54) is 21.9 Å². The van der Waals surface area contributed by atoms with E-state index in [9.17, 15) is 0 Å². The molecular formula is C16H22N2. The highest BCUT2D eigenvalue weighted by molar-refractivity contribution is 5.88. The lowest BCUT2D eigenvalue weighted by Gasteiger charge is -2.14. The van der Waals surface area contributed by atoms with Crippen LogP contribution in [0.15, 0.2) is 36.4 Å². The minimum Gasteiger partial charge on any atom is -0.328 e. The van der Waals surface area contributed by atoms with E-state index in [1.54, 1.807) is 0 Å². The first kappa shape index (κ1) is 13.1. The average molecular weight is 242 g/mol. The summed E-state index contributed by atoms with van der Waals surface area (Å²) in [5.41, 5.74) is 14.5. The van der Waals surface area contributed by atoms with E-state index in [0.717, 1.165) is 12.8 Å². The minimum absolute atomic E-state index is 0.188. The van der Waals surface area contributed by atoms with Crippen LogP contribution in [0.5, 0.6) is 0 Å². The Hall–Kier alpha value is -1.38. The monoisotopic (exact) mass is 242 g/mol. The molecule has 2 aromatic carbocycles. The molecule has 0 aromatic heterocycles. The lowest BCUT2D eigenvalue weighted by Crippen LogP contribution is -2.19. The summed E-state index contributed by atoms with van der Waals surface area (Å²) < 4.78 is 0. The van der Waals surface area contributed by atoms with E-state index in [0.29, 0.717) is 0 Å². The Labute approximate surface area is 109 Å². The van der Waals surface area contributed by atoms with E-state index in [-0.39, 0.29) is 12.1 Å². The van der Waals surface area contributed by atoms with Crippen molar-refractivity contribution in [2.45, 2.75) is 38.8 Å². The van der Waals surface area contributed by atoms with Gasteiger partial charge in [-0.25, -0.2) is 0 Å². The minimum atomic E-state index is 0.188. The van der Waals surface area contributed by atoms with Gasteiger partial charge in [-0.15, -0.1) is 0 Å². The molecule has 2 nitrogen and oxygen atoms in total. The second kappa shape index (κ2) is 5.51. The Bertz CT molecular complexity index is 481. The highest BCUT2D eigenvalue weighted by atomic mass is 14.6. The maximum absolute atomic E-state index is 5.91. The summed E-state index contributed by atoms with van der Waals surface area (Å²) in [6, 6.07) is 13.3. The van der Waals surface area contributed by atoms with Crippen LogP contribution in [0.3, 0.4) is 0 Å². The molecule has 0 fully saturated rings. The SMILES string of the molecule is CC(N)Cc1ccc(CC(C)N)c2ccccc12. The Morgan fingerprint density at radius 3 is 1.50 bits per heavy atom. The topological polar surface area (TPSA) is 52.0 Å². The number of hydrogen-bond acceptors (Lipinski definition) is 2. The fourth-order valence-electron chi connectivity index (χ4n) is 2.47. The van der Waals surface area contributed by atoms with Crippen molar-refractivity contribution < 1.29 is 0 Å². The van der Waals surface area contributed by atoms with Gasteiger partial charge < -0.3 is 11.5 Å². The summed E-state index contributed by atoms with van der Waals surface area (Å²) in [7, 11) is 0. The van der Waals surface area contributed by atoms with Crippen LogP contribution in [-0.2, 0) is 12.8 Å². The van der Waals surface area contributed by atoms with Crippen LogP contribution in [0.4, 0.5) is 0 Å². The van der Waals surface area contributed by atoms with Crippen molar-refractivity contribution in [1.29, 1.82) is 0 Å². The normalized spacial score (nSPS) is 14.7. The molecule has 18 heavy (non-hydrogen) atoms. The van der Waals surface area contributed by atoms with Gasteiger partial charge in [0.25, 0.3) is 0 Å². The first-order valence-electron chi connectivity index (χ1n) is 6.58. The Morgan fingerprint density at radius 1 is 0.778 bits per heavy atom. The van der Waals surface area contributed by atoms with Crippen LogP contribution in [-0.4, -0.2) is 12.1 Å². The lowest BCUT2D eigenvalue weighted by molar-refractivity contribution is 0.735. The van der Waals surface area contributed by atoms with Crippen molar-refractivity contribution in [3.05, 3.63) is 47.5 Å². The van der Waals surface area contributed by atoms with Gasteiger partial charge in [-0.05, 0) is 48.6 Å². The van der Waals surface area contributed by atoms with E-state index in [2.05, 4.69) is 36.4 Å². The van der Waals surface area contributed by atoms with Crippen molar-refractivity contribution in [3.63, 3.8) is 0 Å². The van der Waals surface area contributed by atoms with Crippen molar-refractivity contribution in [3.8, 4) is 0 Å². The standard InChI is InChI=1S/C16H22N2/c1-11(17)9-13-7-8-14(10-12(2)18)16-6-4-3-5-15(13)16/h3-8,11-12H,9-10,17-18H2,1-2H3. The van der Waals surface area contributed by atoms with Crippen LogP contribution in [0, 0.1) is 0 Å². The molecule has 2 unspecified atom stereocenters. The predicted octanol–water partition coefficient (Wildman–Crippen LogP) is 2.62. The van der Waals surface area contributed by atoms with Crippen molar-refractivity contribution in [1.82, 2.24) is 0 Å². The molecule has 4 N–H and O–H groups in total. The van der Waals surface area contributed by atoms with E-state index < -0.39 is 0 Å². The zero-order chi connectivity index (χ0) is 13.1. The van der Waals surface area contributed by atoms with Gasteiger partial charge in [0, 0.05) is 12.1 Å². The fourth-order valence-corrected chi connectivity index (χ4v) is 2.47. The third-order valence-electron chi connectivity index (χ3n) is 3.19. The quantitative estimate of drug-likeness (QED) is 0.866. The Kier molecular flexibility index (Phi) is 4.00. The molecule has 2 aromatic rings. The summed E-state index contributed by atoms with van der Waals surface area (Å²) in [5.74, 6) is 0. The summed E-state index contributed by atoms with van der Waals surface area (Å²) in [6.07, 6.45) is 1.83. The first-order chi connectivity index (χ1) is 8.58. The predicted molar refractivity (Wildman–Crippen MR) is 78.7 cm³/mol. The summed E-state index contributed by atoms with van der Waals surface area (Å²) in [6.45, 7) is 4.09. The second-order valence-electron chi connectivity index (χ2n) is 5.29. The van der Waals surface area contributed by atoms with Crippen molar-refractivity contribution in [2.24, 2.45) is 11.5 Å². The molecular weight excluding hydrogens is 220 g/mol. The van der Waals surface area contributed by atoms with Crippen LogP contribution >= 0.6 is 0 Å². The number of rotatable bonds is 4. The highest BCUT2D eigenvalue weighted by Gasteiger charge is 2.08. The molecule has 0 aliphatic carbocycles. The van der Waals surface area contributed by atoms with Gasteiger partial charge in [0.05, 0.1) is 0 Å². The molecule has 0 heterocycles. The van der Waals surface area contributed by atoms with E-state index >= 15 is 0 Å². The third kappa shape index (κ3) is 2.89. The van der Waals surface area contributed by atoms with Gasteiger partial charge in [0.1, 0.15) is 0 Å². The number of fused-ring (bicyclic) bond motifs is 1. The number of nitrogens with two attached hydrogens (primary N) is 2. The van der Waals surface area contributed by atoms with Gasteiger partial charge in [-0.3, -0.25) is 0 Å². The fraction of sp³-hybridized carbons (Fsp3) is 0.375. The Balaban J connectivity index is 2.51. The molecule has 0 amide bonds. The smallest absolute Gasteiger partial charge is 0.00511 e. The van der Waals surface area contributed by atoms with Gasteiger partial charge in [-0.2, -0.15) is 0 Å². The summed E-state index contributed by atoms with van der Waals surface area (Å²) >= 11 is 0. The molecule has 0 radical (unpaired) electrons. The maximum Gasteiger partial charge on any atom is 0.00511 e. The maximum atomic E-state index is 5.91. The van der Waals surface area contributed by atoms with Crippen LogP contribution in [0.2, 0.25) is 0 Å². The molecule has 0 bridgehead atoms. The van der Waals surface area contributed by atoms with E-state index in [4.69, 9.17) is 11.5 Å². The molecule has 0 aliphatic rings. The zero-order valence-electron chi connectivity index (χ0n) is 11.2. The summed E-state index contributed by atoms with van der Waals surface area (Å²) in [4.78, 5) is 0. The lowest BCUT2D eigenvalue weighted by atomic mass is 9.93. The molecule has 2 heteroatoms. The second-order valence-corrected chi connectivity index (χ2v) is 5.29. The van der Waals surface area contributed by atoms with Gasteiger partial charge in [0.2, 0.25) is 0 Å². The van der Waals surface area contributed by atoms with Crippen LogP contribution < -0.4 is 11.5 Å². The van der Waals surface area contributed by atoms with Crippen LogP contribution in [0.1, 0.15) is 25.0 Å². The van der Waals surface area contributed by atoms with Crippen molar-refractivity contribution in [2.75, 3.05) is 0 Å². The molecule has 2 rings (SSSR count). The summed E-state index contributed by atoms with van der Waals surface area (Å²) in [5, 5.41) is 2.63. The number of hydrogen-bond donors (Lipinski definition) is 2. The molecule has 0 saturated heterocycles. The highest BCUT2D eigenvalue weighted by Crippen LogP contribution is 2.24. The van der Waals surface area contributed by atoms with E-state index in [1.807, 2.05) is 13.8 Å². The van der Waals surface area contributed by atoms with Gasteiger partial charge >= 0.3 is 0 Å². The number of benzene rings is 2. The Morgan fingerprint density at radius 2 is 1.17 bits per heavy atom. The molecule has 0 saturated carbocycles. The largest absolute Gasteiger partial charge is 0.328 e. The first-order valence-corrected chi connectivity index (χ1v) is 6.58.